The number of carbonyl (C=O) groups excluding carboxylic acids is 2. The molecule has 1 fully saturated rings. The average Bonchev–Trinajstić information content (AvgIpc) is 2.99. The molecule has 1 aliphatic rings. The van der Waals surface area contributed by atoms with Crippen LogP contribution in [0.1, 0.15) is 6.42 Å². The van der Waals surface area contributed by atoms with Gasteiger partial charge in [-0.2, -0.15) is 0 Å². The number of rotatable bonds is 4. The number of methoxy groups -OCH3 is 1. The topological polar surface area (TPSA) is 58.6 Å². The Bertz CT molecular complexity index is 826. The first-order valence-electron chi connectivity index (χ1n) is 7.68. The van der Waals surface area contributed by atoms with Crippen molar-refractivity contribution in [3.05, 3.63) is 52.5 Å². The molecule has 1 atom stereocenters. The summed E-state index contributed by atoms with van der Waals surface area (Å²) < 4.78 is 5.18. The molecule has 2 amide bonds. The monoisotopic (exact) mass is 378 g/mol. The van der Waals surface area contributed by atoms with Crippen molar-refractivity contribution in [2.75, 3.05) is 23.9 Å². The minimum atomic E-state index is -0.453. The van der Waals surface area contributed by atoms with E-state index in [1.807, 2.05) is 12.1 Å². The van der Waals surface area contributed by atoms with Gasteiger partial charge in [-0.25, -0.2) is 0 Å². The third-order valence-corrected chi connectivity index (χ3v) is 4.60. The van der Waals surface area contributed by atoms with Crippen molar-refractivity contribution in [3.63, 3.8) is 0 Å². The summed E-state index contributed by atoms with van der Waals surface area (Å²) in [6.45, 7) is 0.309. The van der Waals surface area contributed by atoms with Crippen LogP contribution in [0.4, 0.5) is 11.4 Å². The van der Waals surface area contributed by atoms with Crippen LogP contribution in [0.5, 0.6) is 5.75 Å². The molecule has 0 spiro atoms. The molecule has 0 saturated carbocycles. The zero-order chi connectivity index (χ0) is 18.0. The summed E-state index contributed by atoms with van der Waals surface area (Å²) in [6, 6.07) is 12.0. The first kappa shape index (κ1) is 17.6. The first-order chi connectivity index (χ1) is 12.0. The Kier molecular flexibility index (Phi) is 5.16. The summed E-state index contributed by atoms with van der Waals surface area (Å²) >= 11 is 11.9. The van der Waals surface area contributed by atoms with Gasteiger partial charge in [0.05, 0.1) is 23.7 Å². The summed E-state index contributed by atoms with van der Waals surface area (Å²) in [5, 5.41) is 3.61. The summed E-state index contributed by atoms with van der Waals surface area (Å²) in [6.07, 6.45) is 0.147. The minimum Gasteiger partial charge on any atom is -0.497 e. The van der Waals surface area contributed by atoms with Crippen molar-refractivity contribution in [3.8, 4) is 5.75 Å². The molecule has 0 radical (unpaired) electrons. The van der Waals surface area contributed by atoms with Crippen LogP contribution in [0, 0.1) is 5.92 Å². The molecule has 0 unspecified atom stereocenters. The van der Waals surface area contributed by atoms with Crippen LogP contribution in [0.15, 0.2) is 42.5 Å². The highest BCUT2D eigenvalue weighted by Gasteiger charge is 2.35. The zero-order valence-corrected chi connectivity index (χ0v) is 15.0. The number of halogens is 2. The van der Waals surface area contributed by atoms with Gasteiger partial charge in [-0.15, -0.1) is 0 Å². The molecule has 1 N–H and O–H groups in total. The highest BCUT2D eigenvalue weighted by atomic mass is 35.5. The Balaban J connectivity index is 1.72. The van der Waals surface area contributed by atoms with Crippen molar-refractivity contribution in [1.82, 2.24) is 0 Å². The predicted octanol–water partition coefficient (Wildman–Crippen LogP) is 3.99. The number of benzene rings is 2. The van der Waals surface area contributed by atoms with Crippen molar-refractivity contribution in [2.24, 2.45) is 5.92 Å². The van der Waals surface area contributed by atoms with Gasteiger partial charge < -0.3 is 15.0 Å². The van der Waals surface area contributed by atoms with Crippen molar-refractivity contribution in [2.45, 2.75) is 6.42 Å². The Hall–Kier alpha value is -2.24. The van der Waals surface area contributed by atoms with Gasteiger partial charge in [0.1, 0.15) is 5.75 Å². The third kappa shape index (κ3) is 3.89. The quantitative estimate of drug-likeness (QED) is 0.874. The molecule has 0 aliphatic carbocycles. The Morgan fingerprint density at radius 2 is 2.04 bits per heavy atom. The van der Waals surface area contributed by atoms with Crippen LogP contribution >= 0.6 is 23.2 Å². The second kappa shape index (κ2) is 7.33. The van der Waals surface area contributed by atoms with E-state index >= 15 is 0 Å². The molecule has 2 aromatic rings. The second-order valence-corrected chi connectivity index (χ2v) is 6.56. The molecule has 2 aromatic carbocycles. The number of carbonyl (C=O) groups is 2. The third-order valence-electron chi connectivity index (χ3n) is 4.05. The van der Waals surface area contributed by atoms with E-state index in [1.54, 1.807) is 42.3 Å². The highest BCUT2D eigenvalue weighted by Crippen LogP contribution is 2.30. The van der Waals surface area contributed by atoms with Crippen LogP contribution in [0.3, 0.4) is 0 Å². The van der Waals surface area contributed by atoms with E-state index in [0.29, 0.717) is 33.7 Å². The fourth-order valence-corrected chi connectivity index (χ4v) is 3.19. The number of hydrogen-bond acceptors (Lipinski definition) is 3. The normalized spacial score (nSPS) is 16.8. The highest BCUT2D eigenvalue weighted by molar-refractivity contribution is 6.36. The maximum atomic E-state index is 12.5. The molecule has 130 valence electrons. The summed E-state index contributed by atoms with van der Waals surface area (Å²) in [5.74, 6) is -0.143. The molecule has 0 aromatic heterocycles. The number of ether oxygens (including phenoxy) is 1. The molecule has 7 heteroatoms. The lowest BCUT2D eigenvalue weighted by Crippen LogP contribution is -2.28. The van der Waals surface area contributed by atoms with Crippen molar-refractivity contribution >= 4 is 46.4 Å². The molecule has 1 saturated heterocycles. The largest absolute Gasteiger partial charge is 0.497 e. The summed E-state index contributed by atoms with van der Waals surface area (Å²) in [7, 11) is 1.57. The van der Waals surface area contributed by atoms with E-state index in [0.717, 1.165) is 0 Å². The van der Waals surface area contributed by atoms with Crippen LogP contribution in [0.2, 0.25) is 10.0 Å². The summed E-state index contributed by atoms with van der Waals surface area (Å²) in [4.78, 5) is 26.4. The SMILES string of the molecule is COc1cccc(N2C[C@H](C(=O)Nc3ccc(Cl)cc3Cl)CC2=O)c1. The molecule has 3 rings (SSSR count). The molecular weight excluding hydrogens is 363 g/mol. The van der Waals surface area contributed by atoms with Crippen LogP contribution in [0.25, 0.3) is 0 Å². The van der Waals surface area contributed by atoms with Gasteiger partial charge in [0.15, 0.2) is 0 Å². The van der Waals surface area contributed by atoms with E-state index in [2.05, 4.69) is 5.32 Å². The van der Waals surface area contributed by atoms with Crippen molar-refractivity contribution < 1.29 is 14.3 Å². The number of amides is 2. The van der Waals surface area contributed by atoms with Gasteiger partial charge in [0.25, 0.3) is 0 Å². The molecule has 5 nitrogen and oxygen atoms in total. The van der Waals surface area contributed by atoms with E-state index < -0.39 is 5.92 Å². The molecule has 0 bridgehead atoms. The number of hydrogen-bond donors (Lipinski definition) is 1. The number of anilines is 2. The fourth-order valence-electron chi connectivity index (χ4n) is 2.74. The smallest absolute Gasteiger partial charge is 0.229 e. The van der Waals surface area contributed by atoms with Gasteiger partial charge in [0, 0.05) is 29.7 Å². The van der Waals surface area contributed by atoms with Gasteiger partial charge in [0.2, 0.25) is 11.8 Å². The van der Waals surface area contributed by atoms with Gasteiger partial charge in [-0.1, -0.05) is 29.3 Å². The lowest BCUT2D eigenvalue weighted by atomic mass is 10.1. The van der Waals surface area contributed by atoms with Gasteiger partial charge in [-0.05, 0) is 30.3 Å². The van der Waals surface area contributed by atoms with Crippen LogP contribution in [-0.4, -0.2) is 25.5 Å². The van der Waals surface area contributed by atoms with E-state index in [1.165, 1.54) is 0 Å². The maximum absolute atomic E-state index is 12.5. The zero-order valence-electron chi connectivity index (χ0n) is 13.5. The minimum absolute atomic E-state index is 0.101. The average molecular weight is 379 g/mol. The second-order valence-electron chi connectivity index (χ2n) is 5.72. The Morgan fingerprint density at radius 1 is 1.24 bits per heavy atom. The predicted molar refractivity (Wildman–Crippen MR) is 98.5 cm³/mol. The standard InChI is InChI=1S/C18H16Cl2N2O3/c1-25-14-4-2-3-13(9-14)22-10-11(7-17(22)23)18(24)21-16-6-5-12(19)8-15(16)20/h2-6,8-9,11H,7,10H2,1H3,(H,21,24)/t11-/m1/s1. The van der Waals surface area contributed by atoms with Gasteiger partial charge >= 0.3 is 0 Å². The first-order valence-corrected chi connectivity index (χ1v) is 8.44. The lowest BCUT2D eigenvalue weighted by molar-refractivity contribution is -0.122. The molecular formula is C18H16Cl2N2O3. The Labute approximate surface area is 155 Å². The maximum Gasteiger partial charge on any atom is 0.229 e. The molecule has 1 aliphatic heterocycles. The van der Waals surface area contributed by atoms with Crippen LogP contribution < -0.4 is 15.0 Å². The lowest BCUT2D eigenvalue weighted by Gasteiger charge is -2.17. The Morgan fingerprint density at radius 3 is 2.76 bits per heavy atom. The molecule has 1 heterocycles. The van der Waals surface area contributed by atoms with Crippen molar-refractivity contribution in [1.29, 1.82) is 0 Å². The van der Waals surface area contributed by atoms with E-state index in [4.69, 9.17) is 27.9 Å². The van der Waals surface area contributed by atoms with E-state index in [-0.39, 0.29) is 18.2 Å². The number of nitrogens with zero attached hydrogens (tertiary/aromatic N) is 1. The fraction of sp³-hybridized carbons (Fsp3) is 0.222. The van der Waals surface area contributed by atoms with Gasteiger partial charge in [-0.3, -0.25) is 9.59 Å². The molecule has 25 heavy (non-hydrogen) atoms. The number of nitrogens with one attached hydrogen (secondary N) is 1. The summed E-state index contributed by atoms with van der Waals surface area (Å²) in [5.41, 5.74) is 1.19. The van der Waals surface area contributed by atoms with E-state index in [9.17, 15) is 9.59 Å². The van der Waals surface area contributed by atoms with Crippen LogP contribution in [-0.2, 0) is 9.59 Å².